The Morgan fingerprint density at radius 2 is 2.00 bits per heavy atom. The van der Waals surface area contributed by atoms with Crippen molar-refractivity contribution in [2.45, 2.75) is 25.3 Å². The number of hydrogen-bond donors (Lipinski definition) is 1. The topological polar surface area (TPSA) is 32.3 Å². The van der Waals surface area contributed by atoms with E-state index in [1.807, 2.05) is 42.3 Å². The van der Waals surface area contributed by atoms with Gasteiger partial charge in [0.25, 0.3) is 5.91 Å². The second-order valence-corrected chi connectivity index (χ2v) is 5.89. The average molecular weight is 282 g/mol. The molecule has 0 aromatic heterocycles. The summed E-state index contributed by atoms with van der Waals surface area (Å²) in [5.41, 5.74) is 0.770. The van der Waals surface area contributed by atoms with Gasteiger partial charge in [-0.05, 0) is 42.3 Å². The largest absolute Gasteiger partial charge is 0.340 e. The van der Waals surface area contributed by atoms with Crippen molar-refractivity contribution in [2.75, 3.05) is 20.1 Å². The summed E-state index contributed by atoms with van der Waals surface area (Å²) in [6.07, 6.45) is 3.67. The van der Waals surface area contributed by atoms with Crippen LogP contribution in [0.5, 0.6) is 0 Å². The molecule has 1 atom stereocenters. The SMILES string of the molecule is CN(CC1CCCCN1)C(=O)c1ccc2ccccc2c1. The van der Waals surface area contributed by atoms with Crippen LogP contribution >= 0.6 is 0 Å². The van der Waals surface area contributed by atoms with Crippen LogP contribution < -0.4 is 5.32 Å². The number of benzene rings is 2. The normalized spacial score (nSPS) is 18.6. The van der Waals surface area contributed by atoms with Gasteiger partial charge in [0.05, 0.1) is 0 Å². The minimum atomic E-state index is 0.105. The van der Waals surface area contributed by atoms with E-state index in [4.69, 9.17) is 0 Å². The number of hydrogen-bond acceptors (Lipinski definition) is 2. The van der Waals surface area contributed by atoms with Gasteiger partial charge in [0.2, 0.25) is 0 Å². The van der Waals surface area contributed by atoms with Crippen molar-refractivity contribution >= 4 is 16.7 Å². The summed E-state index contributed by atoms with van der Waals surface area (Å²) in [5.74, 6) is 0.105. The first-order valence-corrected chi connectivity index (χ1v) is 7.72. The molecule has 3 rings (SSSR count). The lowest BCUT2D eigenvalue weighted by molar-refractivity contribution is 0.0775. The van der Waals surface area contributed by atoms with Crippen LogP contribution in [0.15, 0.2) is 42.5 Å². The first-order valence-electron chi connectivity index (χ1n) is 7.72. The maximum absolute atomic E-state index is 12.6. The zero-order chi connectivity index (χ0) is 14.7. The van der Waals surface area contributed by atoms with Crippen LogP contribution in [-0.2, 0) is 0 Å². The summed E-state index contributed by atoms with van der Waals surface area (Å²) in [6.45, 7) is 1.86. The molecule has 0 aliphatic carbocycles. The predicted molar refractivity (Wildman–Crippen MR) is 86.6 cm³/mol. The van der Waals surface area contributed by atoms with Gasteiger partial charge in [-0.2, -0.15) is 0 Å². The Morgan fingerprint density at radius 1 is 1.19 bits per heavy atom. The summed E-state index contributed by atoms with van der Waals surface area (Å²) in [6, 6.07) is 14.5. The molecule has 0 radical (unpaired) electrons. The van der Waals surface area contributed by atoms with E-state index < -0.39 is 0 Å². The quantitative estimate of drug-likeness (QED) is 0.938. The first-order chi connectivity index (χ1) is 10.2. The Morgan fingerprint density at radius 3 is 2.76 bits per heavy atom. The number of carbonyl (C=O) groups excluding carboxylic acids is 1. The van der Waals surface area contributed by atoms with Gasteiger partial charge in [-0.15, -0.1) is 0 Å². The molecule has 3 heteroatoms. The van der Waals surface area contributed by atoms with Crippen LogP contribution in [0, 0.1) is 0 Å². The second-order valence-electron chi connectivity index (χ2n) is 5.89. The highest BCUT2D eigenvalue weighted by atomic mass is 16.2. The molecule has 0 bridgehead atoms. The van der Waals surface area contributed by atoms with Gasteiger partial charge in [0.1, 0.15) is 0 Å². The minimum Gasteiger partial charge on any atom is -0.340 e. The summed E-state index contributed by atoms with van der Waals surface area (Å²) in [7, 11) is 1.90. The van der Waals surface area contributed by atoms with Gasteiger partial charge in [-0.25, -0.2) is 0 Å². The summed E-state index contributed by atoms with van der Waals surface area (Å²) in [5, 5.41) is 5.78. The number of likely N-dealkylation sites (N-methyl/N-ethyl adjacent to an activating group) is 1. The molecular formula is C18H22N2O. The molecule has 3 nitrogen and oxygen atoms in total. The molecular weight excluding hydrogens is 260 g/mol. The number of amides is 1. The van der Waals surface area contributed by atoms with E-state index in [9.17, 15) is 4.79 Å². The maximum atomic E-state index is 12.6. The fourth-order valence-corrected chi connectivity index (χ4v) is 3.04. The first kappa shape index (κ1) is 14.1. The van der Waals surface area contributed by atoms with Crippen LogP contribution in [0.2, 0.25) is 0 Å². The fourth-order valence-electron chi connectivity index (χ4n) is 3.04. The Kier molecular flexibility index (Phi) is 4.20. The van der Waals surface area contributed by atoms with E-state index in [1.165, 1.54) is 18.2 Å². The standard InChI is InChI=1S/C18H22N2O/c1-20(13-17-8-4-5-11-19-17)18(21)16-10-9-14-6-2-3-7-15(14)12-16/h2-3,6-7,9-10,12,17,19H,4-5,8,11,13H2,1H3. The van der Waals surface area contributed by atoms with Crippen molar-refractivity contribution in [1.82, 2.24) is 10.2 Å². The van der Waals surface area contributed by atoms with Crippen molar-refractivity contribution in [3.8, 4) is 0 Å². The smallest absolute Gasteiger partial charge is 0.253 e. The zero-order valence-corrected chi connectivity index (χ0v) is 12.5. The monoisotopic (exact) mass is 282 g/mol. The molecule has 21 heavy (non-hydrogen) atoms. The molecule has 1 fully saturated rings. The predicted octanol–water partition coefficient (Wildman–Crippen LogP) is 3.05. The van der Waals surface area contributed by atoms with Crippen LogP contribution in [0.4, 0.5) is 0 Å². The van der Waals surface area contributed by atoms with Crippen LogP contribution in [-0.4, -0.2) is 37.0 Å². The molecule has 1 amide bonds. The molecule has 1 aliphatic heterocycles. The minimum absolute atomic E-state index is 0.105. The van der Waals surface area contributed by atoms with Gasteiger partial charge in [0, 0.05) is 25.2 Å². The van der Waals surface area contributed by atoms with Crippen LogP contribution in [0.1, 0.15) is 29.6 Å². The summed E-state index contributed by atoms with van der Waals surface area (Å²) in [4.78, 5) is 14.4. The van der Waals surface area contributed by atoms with Crippen molar-refractivity contribution in [1.29, 1.82) is 0 Å². The lowest BCUT2D eigenvalue weighted by atomic mass is 10.0. The second kappa shape index (κ2) is 6.27. The highest BCUT2D eigenvalue weighted by Gasteiger charge is 2.18. The van der Waals surface area contributed by atoms with Gasteiger partial charge in [-0.3, -0.25) is 4.79 Å². The molecule has 1 N–H and O–H groups in total. The third-order valence-electron chi connectivity index (χ3n) is 4.25. The van der Waals surface area contributed by atoms with E-state index >= 15 is 0 Å². The maximum Gasteiger partial charge on any atom is 0.253 e. The molecule has 1 heterocycles. The van der Waals surface area contributed by atoms with Crippen LogP contribution in [0.3, 0.4) is 0 Å². The number of fused-ring (bicyclic) bond motifs is 1. The van der Waals surface area contributed by atoms with Crippen molar-refractivity contribution in [3.63, 3.8) is 0 Å². The number of piperidine rings is 1. The highest BCUT2D eigenvalue weighted by molar-refractivity contribution is 5.98. The van der Waals surface area contributed by atoms with E-state index in [0.717, 1.165) is 30.5 Å². The Labute approximate surface area is 125 Å². The van der Waals surface area contributed by atoms with E-state index in [0.29, 0.717) is 6.04 Å². The number of nitrogens with zero attached hydrogens (tertiary/aromatic N) is 1. The lowest BCUT2D eigenvalue weighted by Crippen LogP contribution is -2.44. The molecule has 1 aliphatic rings. The molecule has 0 spiro atoms. The third kappa shape index (κ3) is 3.24. The number of nitrogens with one attached hydrogen (secondary N) is 1. The summed E-state index contributed by atoms with van der Waals surface area (Å²) < 4.78 is 0. The molecule has 2 aromatic carbocycles. The Balaban J connectivity index is 1.72. The summed E-state index contributed by atoms with van der Waals surface area (Å²) >= 11 is 0. The molecule has 0 saturated carbocycles. The van der Waals surface area contributed by atoms with Crippen molar-refractivity contribution < 1.29 is 4.79 Å². The molecule has 110 valence electrons. The van der Waals surface area contributed by atoms with Gasteiger partial charge in [0.15, 0.2) is 0 Å². The fraction of sp³-hybridized carbons (Fsp3) is 0.389. The molecule has 1 unspecified atom stereocenters. The average Bonchev–Trinajstić information content (AvgIpc) is 2.54. The Bertz CT molecular complexity index is 632. The number of carbonyl (C=O) groups is 1. The highest BCUT2D eigenvalue weighted by Crippen LogP contribution is 2.17. The van der Waals surface area contributed by atoms with Crippen molar-refractivity contribution in [3.05, 3.63) is 48.0 Å². The van der Waals surface area contributed by atoms with Gasteiger partial charge >= 0.3 is 0 Å². The van der Waals surface area contributed by atoms with Crippen LogP contribution in [0.25, 0.3) is 10.8 Å². The lowest BCUT2D eigenvalue weighted by Gasteiger charge is -2.28. The molecule has 1 saturated heterocycles. The van der Waals surface area contributed by atoms with E-state index in [-0.39, 0.29) is 5.91 Å². The Hall–Kier alpha value is -1.87. The number of rotatable bonds is 3. The van der Waals surface area contributed by atoms with Crippen molar-refractivity contribution in [2.24, 2.45) is 0 Å². The van der Waals surface area contributed by atoms with Gasteiger partial charge in [-0.1, -0.05) is 36.8 Å². The van der Waals surface area contributed by atoms with E-state index in [1.54, 1.807) is 0 Å². The molecule has 2 aromatic rings. The zero-order valence-electron chi connectivity index (χ0n) is 12.5. The van der Waals surface area contributed by atoms with Gasteiger partial charge < -0.3 is 10.2 Å². The van der Waals surface area contributed by atoms with E-state index in [2.05, 4.69) is 17.4 Å². The third-order valence-corrected chi connectivity index (χ3v) is 4.25.